The zero-order valence-electron chi connectivity index (χ0n) is 9.11. The maximum atomic E-state index is 13.1. The second kappa shape index (κ2) is 7.88. The van der Waals surface area contributed by atoms with Crippen molar-refractivity contribution in [3.05, 3.63) is 34.6 Å². The molecule has 0 saturated heterocycles. The molecule has 0 spiro atoms. The van der Waals surface area contributed by atoms with Crippen molar-refractivity contribution in [2.24, 2.45) is 0 Å². The van der Waals surface area contributed by atoms with Gasteiger partial charge in [0, 0.05) is 12.4 Å². The summed E-state index contributed by atoms with van der Waals surface area (Å²) < 4.78 is 13.1. The number of nitrogens with one attached hydrogen (secondary N) is 1. The first-order valence-corrected chi connectivity index (χ1v) is 6.36. The smallest absolute Gasteiger partial charge is 0.142 e. The number of benzene rings is 1. The van der Waals surface area contributed by atoms with Gasteiger partial charge in [-0.3, -0.25) is 0 Å². The summed E-state index contributed by atoms with van der Waals surface area (Å²) in [5.41, 5.74) is 0.805. The summed E-state index contributed by atoms with van der Waals surface area (Å²) in [7, 11) is 0. The molecule has 0 aromatic heterocycles. The molecular formula is C12H16Cl2FN. The van der Waals surface area contributed by atoms with E-state index in [1.807, 2.05) is 6.07 Å². The lowest BCUT2D eigenvalue weighted by Gasteiger charge is -2.06. The van der Waals surface area contributed by atoms with Gasteiger partial charge in [-0.1, -0.05) is 30.2 Å². The molecule has 0 saturated carbocycles. The van der Waals surface area contributed by atoms with Crippen LogP contribution in [0.3, 0.4) is 0 Å². The van der Waals surface area contributed by atoms with Crippen LogP contribution in [-0.4, -0.2) is 12.4 Å². The van der Waals surface area contributed by atoms with E-state index in [4.69, 9.17) is 23.2 Å². The van der Waals surface area contributed by atoms with E-state index >= 15 is 0 Å². The van der Waals surface area contributed by atoms with Gasteiger partial charge in [0.1, 0.15) is 5.82 Å². The number of alkyl halides is 1. The molecule has 0 radical (unpaired) electrons. The minimum absolute atomic E-state index is 0.218. The lowest BCUT2D eigenvalue weighted by molar-refractivity contribution is 0.605. The lowest BCUT2D eigenvalue weighted by Crippen LogP contribution is -2.15. The molecule has 1 N–H and O–H groups in total. The van der Waals surface area contributed by atoms with E-state index < -0.39 is 0 Å². The fraction of sp³-hybridized carbons (Fsp3) is 0.500. The Morgan fingerprint density at radius 1 is 1.19 bits per heavy atom. The van der Waals surface area contributed by atoms with Crippen LogP contribution in [0.1, 0.15) is 24.8 Å². The quantitative estimate of drug-likeness (QED) is 0.580. The number of hydrogen-bond acceptors (Lipinski definition) is 1. The topological polar surface area (TPSA) is 12.0 Å². The molecule has 0 unspecified atom stereocenters. The van der Waals surface area contributed by atoms with Gasteiger partial charge in [0.25, 0.3) is 0 Å². The van der Waals surface area contributed by atoms with Gasteiger partial charge in [-0.05, 0) is 31.0 Å². The molecule has 0 atom stereocenters. The van der Waals surface area contributed by atoms with Crippen LogP contribution in [-0.2, 0) is 6.54 Å². The zero-order valence-corrected chi connectivity index (χ0v) is 10.6. The van der Waals surface area contributed by atoms with Crippen LogP contribution in [0.25, 0.3) is 0 Å². The van der Waals surface area contributed by atoms with Gasteiger partial charge in [0.15, 0.2) is 0 Å². The highest BCUT2D eigenvalue weighted by atomic mass is 35.5. The summed E-state index contributed by atoms with van der Waals surface area (Å²) in [4.78, 5) is 0. The van der Waals surface area contributed by atoms with Gasteiger partial charge in [-0.25, -0.2) is 4.39 Å². The van der Waals surface area contributed by atoms with Crippen LogP contribution >= 0.6 is 23.2 Å². The van der Waals surface area contributed by atoms with Crippen molar-refractivity contribution < 1.29 is 4.39 Å². The SMILES string of the molecule is Fc1cccc(CNCCCCCCl)c1Cl. The first kappa shape index (κ1) is 13.8. The molecule has 1 aromatic rings. The average molecular weight is 264 g/mol. The summed E-state index contributed by atoms with van der Waals surface area (Å²) in [6.07, 6.45) is 3.25. The third kappa shape index (κ3) is 4.69. The molecule has 90 valence electrons. The Bertz CT molecular complexity index is 318. The van der Waals surface area contributed by atoms with Crippen molar-refractivity contribution in [1.29, 1.82) is 0 Å². The third-order valence-corrected chi connectivity index (χ3v) is 3.02. The van der Waals surface area contributed by atoms with Crippen molar-refractivity contribution in [1.82, 2.24) is 5.32 Å². The van der Waals surface area contributed by atoms with Gasteiger partial charge in [-0.2, -0.15) is 0 Å². The van der Waals surface area contributed by atoms with Crippen LogP contribution in [0.15, 0.2) is 18.2 Å². The van der Waals surface area contributed by atoms with Crippen LogP contribution in [0.4, 0.5) is 4.39 Å². The minimum atomic E-state index is -0.358. The molecule has 0 fully saturated rings. The largest absolute Gasteiger partial charge is 0.313 e. The number of rotatable bonds is 7. The highest BCUT2D eigenvalue weighted by molar-refractivity contribution is 6.31. The molecule has 0 aliphatic rings. The summed E-state index contributed by atoms with van der Waals surface area (Å²) in [6.45, 7) is 1.52. The van der Waals surface area contributed by atoms with E-state index in [2.05, 4.69) is 5.32 Å². The van der Waals surface area contributed by atoms with Crippen molar-refractivity contribution >= 4 is 23.2 Å². The van der Waals surface area contributed by atoms with Crippen molar-refractivity contribution in [2.45, 2.75) is 25.8 Å². The Morgan fingerprint density at radius 2 is 2.00 bits per heavy atom. The van der Waals surface area contributed by atoms with E-state index in [0.29, 0.717) is 6.54 Å². The van der Waals surface area contributed by atoms with Gasteiger partial charge in [-0.15, -0.1) is 11.6 Å². The highest BCUT2D eigenvalue weighted by Gasteiger charge is 2.04. The predicted octanol–water partition coefficient (Wildman–Crippen LogP) is 3.98. The molecule has 0 bridgehead atoms. The fourth-order valence-corrected chi connectivity index (χ4v) is 1.81. The minimum Gasteiger partial charge on any atom is -0.313 e. The maximum Gasteiger partial charge on any atom is 0.142 e. The average Bonchev–Trinajstić information content (AvgIpc) is 2.29. The molecule has 1 rings (SSSR count). The molecule has 0 aliphatic carbocycles. The summed E-state index contributed by atoms with van der Waals surface area (Å²) in [5.74, 6) is 0.360. The number of unbranched alkanes of at least 4 members (excludes halogenated alkanes) is 2. The third-order valence-electron chi connectivity index (χ3n) is 2.33. The normalized spacial score (nSPS) is 10.7. The van der Waals surface area contributed by atoms with Crippen molar-refractivity contribution in [3.8, 4) is 0 Å². The van der Waals surface area contributed by atoms with Crippen LogP contribution in [0.2, 0.25) is 5.02 Å². The molecule has 16 heavy (non-hydrogen) atoms. The predicted molar refractivity (Wildman–Crippen MR) is 67.7 cm³/mol. The van der Waals surface area contributed by atoms with Gasteiger partial charge >= 0.3 is 0 Å². The molecular weight excluding hydrogens is 248 g/mol. The first-order chi connectivity index (χ1) is 7.75. The monoisotopic (exact) mass is 263 g/mol. The van der Waals surface area contributed by atoms with Crippen molar-refractivity contribution in [3.63, 3.8) is 0 Å². The summed E-state index contributed by atoms with van der Waals surface area (Å²) >= 11 is 11.4. The second-order valence-corrected chi connectivity index (χ2v) is 4.40. The van der Waals surface area contributed by atoms with E-state index in [1.165, 1.54) is 6.07 Å². The molecule has 1 aromatic carbocycles. The Labute approximate surface area is 106 Å². The van der Waals surface area contributed by atoms with E-state index in [9.17, 15) is 4.39 Å². The molecule has 1 nitrogen and oxygen atoms in total. The first-order valence-electron chi connectivity index (χ1n) is 5.45. The van der Waals surface area contributed by atoms with Gasteiger partial charge in [0.05, 0.1) is 5.02 Å². The fourth-order valence-electron chi connectivity index (χ4n) is 1.43. The zero-order chi connectivity index (χ0) is 11.8. The van der Waals surface area contributed by atoms with Crippen LogP contribution < -0.4 is 5.32 Å². The lowest BCUT2D eigenvalue weighted by atomic mass is 10.2. The Morgan fingerprint density at radius 3 is 2.75 bits per heavy atom. The summed E-state index contributed by atoms with van der Waals surface area (Å²) in [6, 6.07) is 4.87. The summed E-state index contributed by atoms with van der Waals surface area (Å²) in [5, 5.41) is 3.45. The highest BCUT2D eigenvalue weighted by Crippen LogP contribution is 2.19. The standard InChI is InChI=1S/C12H16Cl2FN/c13-7-2-1-3-8-16-9-10-5-4-6-11(15)12(10)14/h4-6,16H,1-3,7-9H2. The van der Waals surface area contributed by atoms with Gasteiger partial charge < -0.3 is 5.32 Å². The molecule has 4 heteroatoms. The van der Waals surface area contributed by atoms with E-state index in [-0.39, 0.29) is 10.8 Å². The molecule has 0 amide bonds. The second-order valence-electron chi connectivity index (χ2n) is 3.64. The number of halogens is 3. The maximum absolute atomic E-state index is 13.1. The van der Waals surface area contributed by atoms with Crippen molar-refractivity contribution in [2.75, 3.05) is 12.4 Å². The Kier molecular flexibility index (Phi) is 6.78. The number of hydrogen-bond donors (Lipinski definition) is 1. The Hall–Kier alpha value is -0.310. The molecule has 0 heterocycles. The van der Waals surface area contributed by atoms with E-state index in [1.54, 1.807) is 6.07 Å². The molecule has 0 aliphatic heterocycles. The van der Waals surface area contributed by atoms with E-state index in [0.717, 1.165) is 37.3 Å². The van der Waals surface area contributed by atoms with Crippen LogP contribution in [0, 0.1) is 5.82 Å². The van der Waals surface area contributed by atoms with Crippen LogP contribution in [0.5, 0.6) is 0 Å². The van der Waals surface area contributed by atoms with Gasteiger partial charge in [0.2, 0.25) is 0 Å². The Balaban J connectivity index is 2.24.